The van der Waals surface area contributed by atoms with Gasteiger partial charge in [-0.25, -0.2) is 4.98 Å². The summed E-state index contributed by atoms with van der Waals surface area (Å²) >= 11 is 0. The van der Waals surface area contributed by atoms with E-state index in [1.165, 1.54) is 0 Å². The van der Waals surface area contributed by atoms with Crippen molar-refractivity contribution in [3.8, 4) is 0 Å². The lowest BCUT2D eigenvalue weighted by Crippen LogP contribution is -2.43. The second kappa shape index (κ2) is 6.58. The van der Waals surface area contributed by atoms with Crippen LogP contribution in [0.3, 0.4) is 0 Å². The Labute approximate surface area is 164 Å². The SMILES string of the molecule is CC(C)NC(=O)Cn1c(C2CC2)nc2ccc(N3C[C@@H]4C[C@H]3CN4)cc2c1=O. The van der Waals surface area contributed by atoms with Crippen molar-refractivity contribution in [1.82, 2.24) is 20.2 Å². The van der Waals surface area contributed by atoms with E-state index in [0.29, 0.717) is 23.4 Å². The Morgan fingerprint density at radius 1 is 1.36 bits per heavy atom. The lowest BCUT2D eigenvalue weighted by molar-refractivity contribution is -0.122. The van der Waals surface area contributed by atoms with Gasteiger partial charge in [-0.2, -0.15) is 0 Å². The highest BCUT2D eigenvalue weighted by atomic mass is 16.2. The molecule has 2 aromatic rings. The number of rotatable bonds is 5. The lowest BCUT2D eigenvalue weighted by Gasteiger charge is -2.29. The van der Waals surface area contributed by atoms with Crippen LogP contribution < -0.4 is 21.1 Å². The molecule has 148 valence electrons. The fourth-order valence-electron chi connectivity index (χ4n) is 4.60. The summed E-state index contributed by atoms with van der Waals surface area (Å²) in [6.07, 6.45) is 3.23. The highest BCUT2D eigenvalue weighted by Gasteiger charge is 2.37. The molecule has 3 heterocycles. The average Bonchev–Trinajstić information content (AvgIpc) is 3.28. The first-order valence-corrected chi connectivity index (χ1v) is 10.3. The number of fused-ring (bicyclic) bond motifs is 3. The zero-order chi connectivity index (χ0) is 19.4. The van der Waals surface area contributed by atoms with Crippen LogP contribution in [0.2, 0.25) is 0 Å². The number of amides is 1. The summed E-state index contributed by atoms with van der Waals surface area (Å²) in [5.41, 5.74) is 1.71. The van der Waals surface area contributed by atoms with Crippen LogP contribution >= 0.6 is 0 Å². The minimum Gasteiger partial charge on any atom is -0.366 e. The van der Waals surface area contributed by atoms with Crippen LogP contribution in [0.25, 0.3) is 10.9 Å². The number of carbonyl (C=O) groups is 1. The quantitative estimate of drug-likeness (QED) is 0.817. The Kier molecular flexibility index (Phi) is 4.16. The van der Waals surface area contributed by atoms with Crippen molar-refractivity contribution in [2.75, 3.05) is 18.0 Å². The maximum atomic E-state index is 13.3. The smallest absolute Gasteiger partial charge is 0.261 e. The summed E-state index contributed by atoms with van der Waals surface area (Å²) < 4.78 is 1.60. The highest BCUT2D eigenvalue weighted by molar-refractivity contribution is 5.83. The fourth-order valence-corrected chi connectivity index (χ4v) is 4.60. The third kappa shape index (κ3) is 3.07. The number of benzene rings is 1. The molecule has 0 spiro atoms. The van der Waals surface area contributed by atoms with Crippen molar-refractivity contribution in [2.45, 2.75) is 63.7 Å². The first-order chi connectivity index (χ1) is 13.5. The van der Waals surface area contributed by atoms with E-state index in [1.807, 2.05) is 26.0 Å². The molecule has 2 saturated heterocycles. The molecule has 2 atom stereocenters. The summed E-state index contributed by atoms with van der Waals surface area (Å²) in [4.78, 5) is 32.9. The van der Waals surface area contributed by atoms with Crippen molar-refractivity contribution in [1.29, 1.82) is 0 Å². The van der Waals surface area contributed by atoms with Crippen LogP contribution in [0.5, 0.6) is 0 Å². The number of hydrogen-bond acceptors (Lipinski definition) is 5. The van der Waals surface area contributed by atoms with E-state index in [2.05, 4.69) is 21.6 Å². The third-order valence-electron chi connectivity index (χ3n) is 6.05. The van der Waals surface area contributed by atoms with Crippen LogP contribution in [0, 0.1) is 0 Å². The number of nitrogens with zero attached hydrogens (tertiary/aromatic N) is 3. The molecule has 7 heteroatoms. The molecule has 5 rings (SSSR count). The fraction of sp³-hybridized carbons (Fsp3) is 0.571. The number of aromatic nitrogens is 2. The van der Waals surface area contributed by atoms with Crippen molar-refractivity contribution in [3.63, 3.8) is 0 Å². The number of carbonyl (C=O) groups excluding carboxylic acids is 1. The molecule has 2 N–H and O–H groups in total. The van der Waals surface area contributed by atoms with E-state index in [4.69, 9.17) is 4.98 Å². The van der Waals surface area contributed by atoms with Crippen LogP contribution in [0.1, 0.15) is 44.9 Å². The second-order valence-electron chi connectivity index (χ2n) is 8.71. The van der Waals surface area contributed by atoms with Gasteiger partial charge in [0.25, 0.3) is 5.56 Å². The van der Waals surface area contributed by atoms with Gasteiger partial charge in [-0.15, -0.1) is 0 Å². The topological polar surface area (TPSA) is 79.3 Å². The molecule has 1 aliphatic carbocycles. The number of anilines is 1. The molecule has 28 heavy (non-hydrogen) atoms. The average molecular weight is 381 g/mol. The summed E-state index contributed by atoms with van der Waals surface area (Å²) in [5, 5.41) is 7.01. The largest absolute Gasteiger partial charge is 0.366 e. The van der Waals surface area contributed by atoms with Crippen molar-refractivity contribution in [2.24, 2.45) is 0 Å². The second-order valence-corrected chi connectivity index (χ2v) is 8.71. The molecule has 3 fully saturated rings. The summed E-state index contributed by atoms with van der Waals surface area (Å²) in [7, 11) is 0. The predicted molar refractivity (Wildman–Crippen MR) is 109 cm³/mol. The molecule has 2 aliphatic heterocycles. The Morgan fingerprint density at radius 3 is 2.82 bits per heavy atom. The van der Waals surface area contributed by atoms with Gasteiger partial charge in [0, 0.05) is 42.8 Å². The van der Waals surface area contributed by atoms with Gasteiger partial charge in [0.15, 0.2) is 0 Å². The van der Waals surface area contributed by atoms with Gasteiger partial charge in [-0.3, -0.25) is 14.2 Å². The number of piperazine rings is 1. The molecular formula is C21H27N5O2. The molecule has 1 aromatic carbocycles. The van der Waals surface area contributed by atoms with Gasteiger partial charge in [0.1, 0.15) is 12.4 Å². The maximum absolute atomic E-state index is 13.3. The molecule has 1 aromatic heterocycles. The molecule has 0 unspecified atom stereocenters. The van der Waals surface area contributed by atoms with Gasteiger partial charge >= 0.3 is 0 Å². The zero-order valence-corrected chi connectivity index (χ0v) is 16.4. The van der Waals surface area contributed by atoms with Gasteiger partial charge in [-0.1, -0.05) is 0 Å². The first-order valence-electron chi connectivity index (χ1n) is 10.3. The van der Waals surface area contributed by atoms with E-state index in [0.717, 1.165) is 49.4 Å². The molecule has 1 amide bonds. The minimum absolute atomic E-state index is 0.0361. The van der Waals surface area contributed by atoms with Crippen LogP contribution in [-0.4, -0.2) is 46.7 Å². The van der Waals surface area contributed by atoms with Crippen LogP contribution in [0.4, 0.5) is 5.69 Å². The summed E-state index contributed by atoms with van der Waals surface area (Å²) in [5.74, 6) is 0.914. The lowest BCUT2D eigenvalue weighted by atomic mass is 10.1. The van der Waals surface area contributed by atoms with E-state index in [9.17, 15) is 9.59 Å². The van der Waals surface area contributed by atoms with Gasteiger partial charge in [-0.05, 0) is 51.3 Å². The zero-order valence-electron chi connectivity index (χ0n) is 16.4. The monoisotopic (exact) mass is 381 g/mol. The molecule has 0 radical (unpaired) electrons. The highest BCUT2D eigenvalue weighted by Crippen LogP contribution is 2.39. The van der Waals surface area contributed by atoms with E-state index in [-0.39, 0.29) is 24.1 Å². The molecule has 2 bridgehead atoms. The maximum Gasteiger partial charge on any atom is 0.261 e. The van der Waals surface area contributed by atoms with Gasteiger partial charge < -0.3 is 15.5 Å². The van der Waals surface area contributed by atoms with E-state index < -0.39 is 0 Å². The summed E-state index contributed by atoms with van der Waals surface area (Å²) in [6.45, 7) is 5.86. The Balaban J connectivity index is 1.55. The number of hydrogen-bond donors (Lipinski definition) is 2. The van der Waals surface area contributed by atoms with E-state index >= 15 is 0 Å². The summed E-state index contributed by atoms with van der Waals surface area (Å²) in [6, 6.07) is 7.12. The van der Waals surface area contributed by atoms with Gasteiger partial charge in [0.2, 0.25) is 5.91 Å². The molecular weight excluding hydrogens is 354 g/mol. The first kappa shape index (κ1) is 17.7. The minimum atomic E-state index is -0.140. The Hall–Kier alpha value is -2.41. The molecule has 3 aliphatic rings. The third-order valence-corrected chi connectivity index (χ3v) is 6.05. The van der Waals surface area contributed by atoms with Crippen molar-refractivity contribution >= 4 is 22.5 Å². The normalized spacial score (nSPS) is 23.8. The van der Waals surface area contributed by atoms with Gasteiger partial charge in [0.05, 0.1) is 10.9 Å². The molecule has 7 nitrogen and oxygen atoms in total. The number of nitrogens with one attached hydrogen (secondary N) is 2. The molecule has 1 saturated carbocycles. The van der Waals surface area contributed by atoms with E-state index in [1.54, 1.807) is 4.57 Å². The van der Waals surface area contributed by atoms with Crippen LogP contribution in [0.15, 0.2) is 23.0 Å². The van der Waals surface area contributed by atoms with Crippen LogP contribution in [-0.2, 0) is 11.3 Å². The Bertz CT molecular complexity index is 994. The standard InChI is InChI=1S/C21H27N5O2/c1-12(2)23-19(27)11-26-20(13-3-4-13)24-18-6-5-15(8-17(18)21(26)28)25-10-14-7-16(25)9-22-14/h5-6,8,12-14,16,22H,3-4,7,9-11H2,1-2H3,(H,23,27)/t14-,16-/m0/s1. The van der Waals surface area contributed by atoms with Crippen molar-refractivity contribution < 1.29 is 4.79 Å². The van der Waals surface area contributed by atoms with Crippen molar-refractivity contribution in [3.05, 3.63) is 34.4 Å². The predicted octanol–water partition coefficient (Wildman–Crippen LogP) is 1.35. The Morgan fingerprint density at radius 2 is 2.18 bits per heavy atom.